The molecule has 4 rings (SSSR count). The summed E-state index contributed by atoms with van der Waals surface area (Å²) in [6.07, 6.45) is 5.14. The summed E-state index contributed by atoms with van der Waals surface area (Å²) in [6.45, 7) is 0.832. The molecule has 3 N–H and O–H groups in total. The Morgan fingerprint density at radius 2 is 2.15 bits per heavy atom. The van der Waals surface area contributed by atoms with Gasteiger partial charge in [0.25, 0.3) is 0 Å². The third kappa shape index (κ3) is 5.61. The summed E-state index contributed by atoms with van der Waals surface area (Å²) >= 11 is 6.07. The first-order chi connectivity index (χ1) is 16.2. The Bertz CT molecular complexity index is 1310. The summed E-state index contributed by atoms with van der Waals surface area (Å²) in [5.74, 6) is 1.21. The molecule has 0 saturated carbocycles. The molecular formula is C23H28ClN5O4S. The maximum atomic E-state index is 12.7. The van der Waals surface area contributed by atoms with Gasteiger partial charge in [-0.25, -0.2) is 18.4 Å². The second kappa shape index (κ2) is 10.2. The van der Waals surface area contributed by atoms with E-state index in [1.165, 1.54) is 12.6 Å². The van der Waals surface area contributed by atoms with Crippen LogP contribution in [0.3, 0.4) is 0 Å². The van der Waals surface area contributed by atoms with Crippen molar-refractivity contribution in [3.8, 4) is 5.75 Å². The van der Waals surface area contributed by atoms with E-state index in [9.17, 15) is 13.2 Å². The minimum absolute atomic E-state index is 0.0502. The SMILES string of the molecule is COc1cc(Cl)ccc1CNc1ncnc2[nH]c3c(c12)CC(C(=O)NCCCS(C)(=O)=O)CC3. The molecule has 0 spiro atoms. The molecule has 2 heterocycles. The quantitative estimate of drug-likeness (QED) is 0.382. The van der Waals surface area contributed by atoms with Gasteiger partial charge >= 0.3 is 0 Å². The molecule has 0 bridgehead atoms. The van der Waals surface area contributed by atoms with Gasteiger partial charge in [0.15, 0.2) is 0 Å². The van der Waals surface area contributed by atoms with Crippen LogP contribution in [0.4, 0.5) is 5.82 Å². The Morgan fingerprint density at radius 1 is 1.32 bits per heavy atom. The fourth-order valence-electron chi connectivity index (χ4n) is 4.33. The number of hydrogen-bond acceptors (Lipinski definition) is 7. The van der Waals surface area contributed by atoms with E-state index in [0.717, 1.165) is 40.7 Å². The highest BCUT2D eigenvalue weighted by Crippen LogP contribution is 2.34. The normalized spacial score (nSPS) is 15.7. The van der Waals surface area contributed by atoms with Crippen LogP contribution in [0.5, 0.6) is 5.75 Å². The van der Waals surface area contributed by atoms with Gasteiger partial charge in [0.1, 0.15) is 33.4 Å². The largest absolute Gasteiger partial charge is 0.496 e. The first-order valence-electron chi connectivity index (χ1n) is 11.1. The van der Waals surface area contributed by atoms with Crippen LogP contribution in [0.1, 0.15) is 29.7 Å². The number of hydrogen-bond donors (Lipinski definition) is 3. The first kappa shape index (κ1) is 24.3. The highest BCUT2D eigenvalue weighted by molar-refractivity contribution is 7.90. The number of halogens is 1. The van der Waals surface area contributed by atoms with Crippen molar-refractivity contribution in [3.63, 3.8) is 0 Å². The number of rotatable bonds is 9. The highest BCUT2D eigenvalue weighted by Gasteiger charge is 2.29. The topological polar surface area (TPSA) is 126 Å². The van der Waals surface area contributed by atoms with Crippen LogP contribution in [-0.2, 0) is 34.0 Å². The third-order valence-corrected chi connectivity index (χ3v) is 7.30. The van der Waals surface area contributed by atoms with Crippen LogP contribution in [0.15, 0.2) is 24.5 Å². The van der Waals surface area contributed by atoms with Gasteiger partial charge < -0.3 is 20.4 Å². The maximum absolute atomic E-state index is 12.7. The van der Waals surface area contributed by atoms with Crippen LogP contribution in [0, 0.1) is 5.92 Å². The molecule has 9 nitrogen and oxygen atoms in total. The number of sulfone groups is 1. The predicted molar refractivity (Wildman–Crippen MR) is 132 cm³/mol. The Hall–Kier alpha value is -2.85. The van der Waals surface area contributed by atoms with Crippen LogP contribution in [0.2, 0.25) is 5.02 Å². The second-order valence-corrected chi connectivity index (χ2v) is 11.2. The molecule has 0 saturated heterocycles. The number of aromatic nitrogens is 3. The average Bonchev–Trinajstić information content (AvgIpc) is 3.18. The van der Waals surface area contributed by atoms with E-state index < -0.39 is 9.84 Å². The number of nitrogens with zero attached hydrogens (tertiary/aromatic N) is 2. The summed E-state index contributed by atoms with van der Waals surface area (Å²) in [5, 5.41) is 7.76. The molecule has 0 fully saturated rings. The lowest BCUT2D eigenvalue weighted by molar-refractivity contribution is -0.125. The zero-order chi connectivity index (χ0) is 24.3. The van der Waals surface area contributed by atoms with Crippen molar-refractivity contribution in [2.75, 3.05) is 31.0 Å². The van der Waals surface area contributed by atoms with Gasteiger partial charge in [0.05, 0.1) is 18.2 Å². The lowest BCUT2D eigenvalue weighted by Gasteiger charge is -2.22. The number of aromatic amines is 1. The van der Waals surface area contributed by atoms with E-state index in [2.05, 4.69) is 25.6 Å². The zero-order valence-corrected chi connectivity index (χ0v) is 20.7. The van der Waals surface area contributed by atoms with Gasteiger partial charge in [-0.1, -0.05) is 17.7 Å². The number of anilines is 1. The maximum Gasteiger partial charge on any atom is 0.223 e. The zero-order valence-electron chi connectivity index (χ0n) is 19.2. The molecule has 0 radical (unpaired) electrons. The molecule has 1 aliphatic carbocycles. The number of ether oxygens (including phenoxy) is 1. The molecule has 1 atom stereocenters. The monoisotopic (exact) mass is 505 g/mol. The minimum Gasteiger partial charge on any atom is -0.496 e. The Morgan fingerprint density at radius 3 is 2.91 bits per heavy atom. The van der Waals surface area contributed by atoms with Gasteiger partial charge in [-0.05, 0) is 43.4 Å². The van der Waals surface area contributed by atoms with Crippen molar-refractivity contribution in [1.82, 2.24) is 20.3 Å². The second-order valence-electron chi connectivity index (χ2n) is 8.55. The predicted octanol–water partition coefficient (Wildman–Crippen LogP) is 2.89. The molecular weight excluding hydrogens is 478 g/mol. The van der Waals surface area contributed by atoms with E-state index in [4.69, 9.17) is 16.3 Å². The lowest BCUT2D eigenvalue weighted by Crippen LogP contribution is -2.35. The van der Waals surface area contributed by atoms with Crippen LogP contribution in [-0.4, -0.2) is 54.9 Å². The number of fused-ring (bicyclic) bond motifs is 3. The molecule has 1 unspecified atom stereocenters. The molecule has 3 aromatic rings. The highest BCUT2D eigenvalue weighted by atomic mass is 35.5. The van der Waals surface area contributed by atoms with Gasteiger partial charge in [0.2, 0.25) is 5.91 Å². The number of nitrogens with one attached hydrogen (secondary N) is 3. The number of H-pyrrole nitrogens is 1. The third-order valence-electron chi connectivity index (χ3n) is 6.03. The molecule has 34 heavy (non-hydrogen) atoms. The fraction of sp³-hybridized carbons (Fsp3) is 0.435. The van der Waals surface area contributed by atoms with Crippen molar-refractivity contribution < 1.29 is 17.9 Å². The van der Waals surface area contributed by atoms with Crippen molar-refractivity contribution in [1.29, 1.82) is 0 Å². The number of benzene rings is 1. The van der Waals surface area contributed by atoms with Crippen molar-refractivity contribution >= 4 is 44.2 Å². The van der Waals surface area contributed by atoms with Crippen LogP contribution in [0.25, 0.3) is 11.0 Å². The van der Waals surface area contributed by atoms with Gasteiger partial charge in [0, 0.05) is 41.5 Å². The summed E-state index contributed by atoms with van der Waals surface area (Å²) in [4.78, 5) is 25.0. The van der Waals surface area contributed by atoms with Crippen molar-refractivity contribution in [3.05, 3.63) is 46.4 Å². The van der Waals surface area contributed by atoms with Crippen molar-refractivity contribution in [2.45, 2.75) is 32.2 Å². The van der Waals surface area contributed by atoms with E-state index >= 15 is 0 Å². The molecule has 1 aliphatic rings. The molecule has 11 heteroatoms. The van der Waals surface area contributed by atoms with Crippen molar-refractivity contribution in [2.24, 2.45) is 5.92 Å². The summed E-state index contributed by atoms with van der Waals surface area (Å²) in [7, 11) is -1.43. The number of carbonyl (C=O) groups excluding carboxylic acids is 1. The number of aryl methyl sites for hydroxylation is 1. The van der Waals surface area contributed by atoms with Gasteiger partial charge in [-0.2, -0.15) is 0 Å². The smallest absolute Gasteiger partial charge is 0.223 e. The summed E-state index contributed by atoms with van der Waals surface area (Å²) in [6, 6.07) is 5.49. The molecule has 1 amide bonds. The van der Waals surface area contributed by atoms with Crippen LogP contribution >= 0.6 is 11.6 Å². The summed E-state index contributed by atoms with van der Waals surface area (Å²) < 4.78 is 28.0. The Balaban J connectivity index is 1.49. The first-order valence-corrected chi connectivity index (χ1v) is 13.5. The summed E-state index contributed by atoms with van der Waals surface area (Å²) in [5.41, 5.74) is 3.79. The lowest BCUT2D eigenvalue weighted by atomic mass is 9.86. The van der Waals surface area contributed by atoms with Gasteiger partial charge in [-0.3, -0.25) is 4.79 Å². The number of amides is 1. The molecule has 2 aromatic heterocycles. The standard InChI is InChI=1S/C23H28ClN5O4S/c1-33-19-11-16(24)6-4-15(19)12-26-21-20-17-10-14(23(30)25-8-3-9-34(2,31)32)5-7-18(17)29-22(20)28-13-27-21/h4,6,11,13-14H,3,5,7-10,12H2,1-2H3,(H,25,30)(H2,26,27,28,29). The molecule has 182 valence electrons. The fourth-order valence-corrected chi connectivity index (χ4v) is 5.16. The van der Waals surface area contributed by atoms with E-state index in [1.54, 1.807) is 13.2 Å². The molecule has 0 aliphatic heterocycles. The Labute approximate surface area is 203 Å². The van der Waals surface area contributed by atoms with E-state index in [-0.39, 0.29) is 17.6 Å². The Kier molecular flexibility index (Phi) is 7.27. The minimum atomic E-state index is -3.03. The number of methoxy groups -OCH3 is 1. The van der Waals surface area contributed by atoms with E-state index in [1.807, 2.05) is 12.1 Å². The van der Waals surface area contributed by atoms with Gasteiger partial charge in [-0.15, -0.1) is 0 Å². The number of carbonyl (C=O) groups is 1. The molecule has 1 aromatic carbocycles. The van der Waals surface area contributed by atoms with Crippen LogP contribution < -0.4 is 15.4 Å². The van der Waals surface area contributed by atoms with E-state index in [0.29, 0.717) is 42.5 Å². The average molecular weight is 506 g/mol.